The zero-order valence-electron chi connectivity index (χ0n) is 12.3. The summed E-state index contributed by atoms with van der Waals surface area (Å²) in [5.41, 5.74) is 6.16. The SMILES string of the molecule is CC(C)COc1ccccc1NC(=O)C1(N)CCCC1. The fraction of sp³-hybridized carbons (Fsp3) is 0.562. The van der Waals surface area contributed by atoms with E-state index in [1.165, 1.54) is 0 Å². The molecule has 0 unspecified atom stereocenters. The van der Waals surface area contributed by atoms with Crippen LogP contribution < -0.4 is 15.8 Å². The van der Waals surface area contributed by atoms with Crippen LogP contribution >= 0.6 is 0 Å². The second-order valence-corrected chi connectivity index (χ2v) is 6.02. The summed E-state index contributed by atoms with van der Waals surface area (Å²) in [7, 11) is 0. The molecule has 1 aromatic rings. The quantitative estimate of drug-likeness (QED) is 0.869. The molecule has 1 aromatic carbocycles. The summed E-state index contributed by atoms with van der Waals surface area (Å²) in [6, 6.07) is 7.51. The Hall–Kier alpha value is -1.55. The molecule has 4 nitrogen and oxygen atoms in total. The van der Waals surface area contributed by atoms with E-state index in [-0.39, 0.29) is 5.91 Å². The van der Waals surface area contributed by atoms with Gasteiger partial charge in [-0.2, -0.15) is 0 Å². The summed E-state index contributed by atoms with van der Waals surface area (Å²) < 4.78 is 5.74. The van der Waals surface area contributed by atoms with Crippen LogP contribution in [0.15, 0.2) is 24.3 Å². The normalized spacial score (nSPS) is 17.2. The maximum Gasteiger partial charge on any atom is 0.244 e. The van der Waals surface area contributed by atoms with Crippen LogP contribution in [0.4, 0.5) is 5.69 Å². The first-order chi connectivity index (χ1) is 9.51. The highest BCUT2D eigenvalue weighted by Gasteiger charge is 2.37. The van der Waals surface area contributed by atoms with Crippen molar-refractivity contribution < 1.29 is 9.53 Å². The molecule has 110 valence electrons. The van der Waals surface area contributed by atoms with Crippen molar-refractivity contribution >= 4 is 11.6 Å². The molecule has 0 aliphatic heterocycles. The van der Waals surface area contributed by atoms with Crippen LogP contribution in [-0.4, -0.2) is 18.1 Å². The number of benzene rings is 1. The number of ether oxygens (including phenoxy) is 1. The van der Waals surface area contributed by atoms with Gasteiger partial charge in [-0.05, 0) is 30.9 Å². The highest BCUT2D eigenvalue weighted by atomic mass is 16.5. The smallest absolute Gasteiger partial charge is 0.244 e. The molecule has 0 aromatic heterocycles. The number of hydrogen-bond donors (Lipinski definition) is 2. The third-order valence-electron chi connectivity index (χ3n) is 3.66. The molecule has 1 aliphatic carbocycles. The van der Waals surface area contributed by atoms with Crippen LogP contribution in [0.1, 0.15) is 39.5 Å². The number of rotatable bonds is 5. The van der Waals surface area contributed by atoms with Gasteiger partial charge in [-0.1, -0.05) is 38.8 Å². The van der Waals surface area contributed by atoms with Gasteiger partial charge in [-0.3, -0.25) is 4.79 Å². The predicted octanol–water partition coefficient (Wildman–Crippen LogP) is 2.93. The Bertz CT molecular complexity index is 465. The van der Waals surface area contributed by atoms with Crippen LogP contribution in [-0.2, 0) is 4.79 Å². The zero-order chi connectivity index (χ0) is 14.6. The minimum absolute atomic E-state index is 0.101. The van der Waals surface area contributed by atoms with Gasteiger partial charge in [0, 0.05) is 0 Å². The minimum atomic E-state index is -0.717. The largest absolute Gasteiger partial charge is 0.491 e. The van der Waals surface area contributed by atoms with Gasteiger partial charge in [0.25, 0.3) is 0 Å². The van der Waals surface area contributed by atoms with Gasteiger partial charge >= 0.3 is 0 Å². The van der Waals surface area contributed by atoms with Crippen molar-refractivity contribution in [3.8, 4) is 5.75 Å². The maximum atomic E-state index is 12.3. The second-order valence-electron chi connectivity index (χ2n) is 6.02. The summed E-state index contributed by atoms with van der Waals surface area (Å²) in [5, 5.41) is 2.93. The second kappa shape index (κ2) is 6.27. The van der Waals surface area contributed by atoms with Crippen molar-refractivity contribution in [2.24, 2.45) is 11.7 Å². The van der Waals surface area contributed by atoms with E-state index in [1.54, 1.807) is 0 Å². The van der Waals surface area contributed by atoms with E-state index in [1.807, 2.05) is 24.3 Å². The summed E-state index contributed by atoms with van der Waals surface area (Å²) in [4.78, 5) is 12.3. The highest BCUT2D eigenvalue weighted by Crippen LogP contribution is 2.30. The topological polar surface area (TPSA) is 64.3 Å². The van der Waals surface area contributed by atoms with Gasteiger partial charge in [0.2, 0.25) is 5.91 Å². The average molecular weight is 276 g/mol. The molecule has 0 spiro atoms. The number of para-hydroxylation sites is 2. The van der Waals surface area contributed by atoms with E-state index in [0.29, 0.717) is 24.0 Å². The van der Waals surface area contributed by atoms with Crippen molar-refractivity contribution in [3.05, 3.63) is 24.3 Å². The third kappa shape index (κ3) is 3.51. The number of nitrogens with two attached hydrogens (primary N) is 1. The van der Waals surface area contributed by atoms with E-state index < -0.39 is 5.54 Å². The van der Waals surface area contributed by atoms with Crippen molar-refractivity contribution in [1.82, 2.24) is 0 Å². The first-order valence-electron chi connectivity index (χ1n) is 7.33. The van der Waals surface area contributed by atoms with Gasteiger partial charge in [0.05, 0.1) is 17.8 Å². The Labute approximate surface area is 120 Å². The average Bonchev–Trinajstić information content (AvgIpc) is 2.86. The molecule has 1 fully saturated rings. The van der Waals surface area contributed by atoms with E-state index in [2.05, 4.69) is 19.2 Å². The van der Waals surface area contributed by atoms with Crippen LogP contribution in [0.2, 0.25) is 0 Å². The Balaban J connectivity index is 2.06. The van der Waals surface area contributed by atoms with E-state index in [0.717, 1.165) is 25.7 Å². The molecular formula is C16H24N2O2. The molecule has 0 saturated heterocycles. The van der Waals surface area contributed by atoms with Crippen molar-refractivity contribution in [1.29, 1.82) is 0 Å². The molecule has 1 saturated carbocycles. The molecule has 3 N–H and O–H groups in total. The molecule has 0 radical (unpaired) electrons. The monoisotopic (exact) mass is 276 g/mol. The lowest BCUT2D eigenvalue weighted by Crippen LogP contribution is -2.48. The van der Waals surface area contributed by atoms with Gasteiger partial charge in [-0.25, -0.2) is 0 Å². The first kappa shape index (κ1) is 14.9. The maximum absolute atomic E-state index is 12.3. The fourth-order valence-corrected chi connectivity index (χ4v) is 2.43. The van der Waals surface area contributed by atoms with Crippen molar-refractivity contribution in [2.45, 2.75) is 45.1 Å². The Morgan fingerprint density at radius 3 is 2.65 bits per heavy atom. The van der Waals surface area contributed by atoms with Gasteiger partial charge in [0.15, 0.2) is 0 Å². The minimum Gasteiger partial charge on any atom is -0.491 e. The lowest BCUT2D eigenvalue weighted by molar-refractivity contribution is -0.121. The predicted molar refractivity (Wildman–Crippen MR) is 80.8 cm³/mol. The lowest BCUT2D eigenvalue weighted by atomic mass is 9.98. The lowest BCUT2D eigenvalue weighted by Gasteiger charge is -2.23. The van der Waals surface area contributed by atoms with Crippen molar-refractivity contribution in [2.75, 3.05) is 11.9 Å². The highest BCUT2D eigenvalue weighted by molar-refractivity contribution is 5.99. The van der Waals surface area contributed by atoms with Crippen molar-refractivity contribution in [3.63, 3.8) is 0 Å². The first-order valence-corrected chi connectivity index (χ1v) is 7.33. The van der Waals surface area contributed by atoms with Crippen LogP contribution in [0.5, 0.6) is 5.75 Å². The molecular weight excluding hydrogens is 252 g/mol. The molecule has 1 aliphatic rings. The summed E-state index contributed by atoms with van der Waals surface area (Å²) in [6.07, 6.45) is 3.56. The van der Waals surface area contributed by atoms with Crippen LogP contribution in [0.25, 0.3) is 0 Å². The Morgan fingerprint density at radius 1 is 1.35 bits per heavy atom. The van der Waals surface area contributed by atoms with Crippen LogP contribution in [0, 0.1) is 5.92 Å². The zero-order valence-corrected chi connectivity index (χ0v) is 12.3. The number of anilines is 1. The molecule has 20 heavy (non-hydrogen) atoms. The summed E-state index contributed by atoms with van der Waals surface area (Å²) >= 11 is 0. The van der Waals surface area contributed by atoms with Gasteiger partial charge in [-0.15, -0.1) is 0 Å². The molecule has 2 rings (SSSR count). The molecule has 1 amide bonds. The summed E-state index contributed by atoms with van der Waals surface area (Å²) in [6.45, 7) is 4.81. The number of amides is 1. The Kier molecular flexibility index (Phi) is 4.65. The van der Waals surface area contributed by atoms with Gasteiger partial charge in [0.1, 0.15) is 5.75 Å². The molecule has 4 heteroatoms. The number of nitrogens with one attached hydrogen (secondary N) is 1. The molecule has 0 atom stereocenters. The van der Waals surface area contributed by atoms with E-state index in [4.69, 9.17) is 10.5 Å². The molecule has 0 heterocycles. The third-order valence-corrected chi connectivity index (χ3v) is 3.66. The standard InChI is InChI=1S/C16H24N2O2/c1-12(2)11-20-14-8-4-3-7-13(14)18-15(19)16(17)9-5-6-10-16/h3-4,7-8,12H,5-6,9-11,17H2,1-2H3,(H,18,19). The molecule has 0 bridgehead atoms. The van der Waals surface area contributed by atoms with Gasteiger partial charge < -0.3 is 15.8 Å². The van der Waals surface area contributed by atoms with E-state index in [9.17, 15) is 4.79 Å². The fourth-order valence-electron chi connectivity index (χ4n) is 2.43. The number of carbonyl (C=O) groups is 1. The number of hydrogen-bond acceptors (Lipinski definition) is 3. The number of carbonyl (C=O) groups excluding carboxylic acids is 1. The van der Waals surface area contributed by atoms with E-state index >= 15 is 0 Å². The Morgan fingerprint density at radius 2 is 2.00 bits per heavy atom. The summed E-state index contributed by atoms with van der Waals surface area (Å²) in [5.74, 6) is 1.04. The van der Waals surface area contributed by atoms with Crippen LogP contribution in [0.3, 0.4) is 0 Å².